The first-order valence-electron chi connectivity index (χ1n) is 9.06. The van der Waals surface area contributed by atoms with Gasteiger partial charge in [0.1, 0.15) is 11.5 Å². The second kappa shape index (κ2) is 11.6. The van der Waals surface area contributed by atoms with Crippen molar-refractivity contribution in [3.8, 4) is 5.75 Å². The molecule has 0 unspecified atom stereocenters. The number of aliphatic imine (C=N–C) groups is 1. The highest BCUT2D eigenvalue weighted by atomic mass is 127. The maximum atomic E-state index is 11.1. The number of hydrogen-bond acceptors (Lipinski definition) is 4. The van der Waals surface area contributed by atoms with Gasteiger partial charge in [0, 0.05) is 12.1 Å². The van der Waals surface area contributed by atoms with Crippen LogP contribution in [-0.2, 0) is 13.1 Å². The Bertz CT molecular complexity index is 802. The van der Waals surface area contributed by atoms with Crippen LogP contribution in [0.2, 0.25) is 0 Å². The van der Waals surface area contributed by atoms with Gasteiger partial charge in [-0.1, -0.05) is 12.1 Å². The fourth-order valence-electron chi connectivity index (χ4n) is 2.44. The highest BCUT2D eigenvalue weighted by Gasteiger charge is 2.09. The molecule has 0 fully saturated rings. The number of rotatable bonds is 8. The van der Waals surface area contributed by atoms with Gasteiger partial charge in [-0.05, 0) is 51.5 Å². The van der Waals surface area contributed by atoms with E-state index in [1.807, 2.05) is 45.9 Å². The van der Waals surface area contributed by atoms with Gasteiger partial charge in [0.25, 0.3) is 5.91 Å². The summed E-state index contributed by atoms with van der Waals surface area (Å²) in [5, 5.41) is 6.37. The van der Waals surface area contributed by atoms with Crippen LogP contribution in [-0.4, -0.2) is 24.5 Å². The lowest BCUT2D eigenvalue weighted by Gasteiger charge is -2.15. The van der Waals surface area contributed by atoms with Crippen molar-refractivity contribution in [3.63, 3.8) is 0 Å². The number of halogens is 1. The number of hydrogen-bond donors (Lipinski definition) is 3. The van der Waals surface area contributed by atoms with Gasteiger partial charge in [-0.15, -0.1) is 24.0 Å². The van der Waals surface area contributed by atoms with Crippen molar-refractivity contribution in [1.82, 2.24) is 10.6 Å². The smallest absolute Gasteiger partial charge is 0.284 e. The summed E-state index contributed by atoms with van der Waals surface area (Å²) in [5.74, 6) is 1.66. The first-order valence-corrected chi connectivity index (χ1v) is 9.06. The molecule has 7 nitrogen and oxygen atoms in total. The molecule has 0 saturated heterocycles. The molecule has 0 saturated carbocycles. The van der Waals surface area contributed by atoms with E-state index in [0.717, 1.165) is 23.4 Å². The summed E-state index contributed by atoms with van der Waals surface area (Å²) >= 11 is 0. The summed E-state index contributed by atoms with van der Waals surface area (Å²) in [5.41, 5.74) is 7.36. The van der Waals surface area contributed by atoms with Crippen LogP contribution >= 0.6 is 24.0 Å². The lowest BCUT2D eigenvalue weighted by molar-refractivity contribution is 0.0972. The van der Waals surface area contributed by atoms with Gasteiger partial charge in [0.2, 0.25) is 0 Å². The molecule has 28 heavy (non-hydrogen) atoms. The van der Waals surface area contributed by atoms with Gasteiger partial charge < -0.3 is 25.5 Å². The van der Waals surface area contributed by atoms with Crippen molar-refractivity contribution in [3.05, 3.63) is 53.0 Å². The monoisotopic (exact) mass is 500 g/mol. The van der Waals surface area contributed by atoms with Crippen LogP contribution in [0.4, 0.5) is 0 Å². The molecule has 1 amide bonds. The molecule has 2 aromatic rings. The standard InChI is InChI=1S/C20H28N4O3.HI/c1-5-22-20(24-12-16-8-9-17(27-16)19(21)25)23-11-15-7-6-14(4)10-18(15)26-13(2)3;/h6-10,13H,5,11-12H2,1-4H3,(H2,21,25)(H2,22,23,24);1H. The van der Waals surface area contributed by atoms with Crippen molar-refractivity contribution < 1.29 is 13.9 Å². The zero-order valence-electron chi connectivity index (χ0n) is 16.7. The van der Waals surface area contributed by atoms with E-state index < -0.39 is 5.91 Å². The summed E-state index contributed by atoms with van der Waals surface area (Å²) in [6.45, 7) is 9.63. The Morgan fingerprint density at radius 1 is 1.25 bits per heavy atom. The molecule has 0 aliphatic carbocycles. The minimum Gasteiger partial charge on any atom is -0.491 e. The molecule has 0 bridgehead atoms. The second-order valence-corrected chi connectivity index (χ2v) is 6.46. The Hall–Kier alpha value is -2.23. The molecule has 0 aliphatic rings. The number of nitrogens with one attached hydrogen (secondary N) is 2. The summed E-state index contributed by atoms with van der Waals surface area (Å²) < 4.78 is 11.3. The fourth-order valence-corrected chi connectivity index (χ4v) is 2.44. The summed E-state index contributed by atoms with van der Waals surface area (Å²) in [6.07, 6.45) is 0.0966. The van der Waals surface area contributed by atoms with E-state index >= 15 is 0 Å². The van der Waals surface area contributed by atoms with E-state index in [-0.39, 0.29) is 35.8 Å². The highest BCUT2D eigenvalue weighted by Crippen LogP contribution is 2.22. The molecule has 0 spiro atoms. The number of carbonyl (C=O) groups excluding carboxylic acids is 1. The first-order chi connectivity index (χ1) is 12.9. The summed E-state index contributed by atoms with van der Waals surface area (Å²) in [6, 6.07) is 9.38. The largest absolute Gasteiger partial charge is 0.491 e. The van der Waals surface area contributed by atoms with Crippen molar-refractivity contribution in [2.45, 2.75) is 46.9 Å². The van der Waals surface area contributed by atoms with Crippen LogP contribution in [0.25, 0.3) is 0 Å². The Morgan fingerprint density at radius 3 is 2.61 bits per heavy atom. The average molecular weight is 500 g/mol. The molecule has 0 aliphatic heterocycles. The minimum absolute atomic E-state index is 0. The van der Waals surface area contributed by atoms with Gasteiger partial charge >= 0.3 is 0 Å². The predicted molar refractivity (Wildman–Crippen MR) is 121 cm³/mol. The number of carbonyl (C=O) groups is 1. The third-order valence-corrected chi connectivity index (χ3v) is 3.67. The normalized spacial score (nSPS) is 11.1. The maximum Gasteiger partial charge on any atom is 0.284 e. The number of furan rings is 1. The van der Waals surface area contributed by atoms with Crippen LogP contribution in [0, 0.1) is 6.92 Å². The number of aryl methyl sites for hydroxylation is 1. The van der Waals surface area contributed by atoms with Crippen LogP contribution in [0.5, 0.6) is 5.75 Å². The van der Waals surface area contributed by atoms with E-state index in [1.54, 1.807) is 12.1 Å². The SMILES string of the molecule is CCNC(=NCc1ccc(C)cc1OC(C)C)NCc1ccc(C(N)=O)o1.I. The second-order valence-electron chi connectivity index (χ2n) is 6.46. The fraction of sp³-hybridized carbons (Fsp3) is 0.400. The Morgan fingerprint density at radius 2 is 2.00 bits per heavy atom. The number of benzene rings is 1. The van der Waals surface area contributed by atoms with Crippen molar-refractivity contribution >= 4 is 35.8 Å². The third-order valence-electron chi connectivity index (χ3n) is 3.67. The molecule has 1 heterocycles. The van der Waals surface area contributed by atoms with E-state index in [0.29, 0.717) is 24.8 Å². The molecular weight excluding hydrogens is 471 g/mol. The van der Waals surface area contributed by atoms with Crippen molar-refractivity contribution in [2.24, 2.45) is 10.7 Å². The van der Waals surface area contributed by atoms with E-state index in [1.165, 1.54) is 0 Å². The Balaban J connectivity index is 0.00000392. The number of nitrogens with two attached hydrogens (primary N) is 1. The Labute approximate surface area is 183 Å². The zero-order valence-corrected chi connectivity index (χ0v) is 19.1. The molecule has 8 heteroatoms. The van der Waals surface area contributed by atoms with Gasteiger partial charge in [-0.2, -0.15) is 0 Å². The highest BCUT2D eigenvalue weighted by molar-refractivity contribution is 14.0. The maximum absolute atomic E-state index is 11.1. The molecule has 1 aromatic heterocycles. The van der Waals surface area contributed by atoms with Gasteiger partial charge in [0.15, 0.2) is 11.7 Å². The molecule has 0 radical (unpaired) electrons. The predicted octanol–water partition coefficient (Wildman–Crippen LogP) is 3.35. The lowest BCUT2D eigenvalue weighted by Crippen LogP contribution is -2.36. The van der Waals surface area contributed by atoms with Gasteiger partial charge in [-0.3, -0.25) is 4.79 Å². The Kier molecular flexibility index (Phi) is 9.84. The van der Waals surface area contributed by atoms with Gasteiger partial charge in [-0.25, -0.2) is 4.99 Å². The summed E-state index contributed by atoms with van der Waals surface area (Å²) in [7, 11) is 0. The van der Waals surface area contributed by atoms with Crippen LogP contribution in [0.15, 0.2) is 39.7 Å². The number of ether oxygens (including phenoxy) is 1. The number of amides is 1. The van der Waals surface area contributed by atoms with Gasteiger partial charge in [0.05, 0.1) is 19.2 Å². The number of nitrogens with zero attached hydrogens (tertiary/aromatic N) is 1. The minimum atomic E-state index is -0.584. The quantitative estimate of drug-likeness (QED) is 0.293. The van der Waals surface area contributed by atoms with Crippen molar-refractivity contribution in [1.29, 1.82) is 0 Å². The molecule has 2 rings (SSSR count). The molecule has 1 aromatic carbocycles. The lowest BCUT2D eigenvalue weighted by atomic mass is 10.1. The third kappa shape index (κ3) is 7.41. The average Bonchev–Trinajstić information content (AvgIpc) is 3.07. The van der Waals surface area contributed by atoms with E-state index in [2.05, 4.69) is 15.6 Å². The first kappa shape index (κ1) is 23.8. The van der Waals surface area contributed by atoms with Crippen molar-refractivity contribution in [2.75, 3.05) is 6.54 Å². The molecule has 0 atom stereocenters. The topological polar surface area (TPSA) is 102 Å². The summed E-state index contributed by atoms with van der Waals surface area (Å²) in [4.78, 5) is 15.7. The molecule has 154 valence electrons. The van der Waals surface area contributed by atoms with Crippen LogP contribution in [0.1, 0.15) is 48.2 Å². The number of guanidine groups is 1. The van der Waals surface area contributed by atoms with E-state index in [9.17, 15) is 4.79 Å². The van der Waals surface area contributed by atoms with Crippen LogP contribution in [0.3, 0.4) is 0 Å². The zero-order chi connectivity index (χ0) is 19.8. The van der Waals surface area contributed by atoms with Crippen LogP contribution < -0.4 is 21.1 Å². The number of primary amides is 1. The molecular formula is C20H29IN4O3. The molecule has 4 N–H and O–H groups in total. The van der Waals surface area contributed by atoms with E-state index in [4.69, 9.17) is 14.9 Å².